The van der Waals surface area contributed by atoms with E-state index in [9.17, 15) is 4.39 Å². The van der Waals surface area contributed by atoms with Gasteiger partial charge in [-0.2, -0.15) is 5.10 Å². The zero-order chi connectivity index (χ0) is 22.3. The topological polar surface area (TPSA) is 51.9 Å². The van der Waals surface area contributed by atoms with Gasteiger partial charge in [0.2, 0.25) is 0 Å². The number of terminal acetylenes is 1. The fraction of sp³-hybridized carbons (Fsp3) is 0.440. The summed E-state index contributed by atoms with van der Waals surface area (Å²) in [4.78, 5) is 12.4. The first-order valence-corrected chi connectivity index (χ1v) is 11.7. The molecule has 4 aliphatic heterocycles. The maximum absolute atomic E-state index is 14.7. The summed E-state index contributed by atoms with van der Waals surface area (Å²) < 4.78 is 16.3. The molecule has 7 nitrogen and oxygen atoms in total. The molecule has 33 heavy (non-hydrogen) atoms. The van der Waals surface area contributed by atoms with Crippen LogP contribution in [-0.4, -0.2) is 63.8 Å². The van der Waals surface area contributed by atoms with Gasteiger partial charge in [0.25, 0.3) is 0 Å². The zero-order valence-corrected chi connectivity index (χ0v) is 18.6. The van der Waals surface area contributed by atoms with Gasteiger partial charge in [0.1, 0.15) is 17.0 Å². The summed E-state index contributed by atoms with van der Waals surface area (Å²) in [7, 11) is 0. The highest BCUT2D eigenvalue weighted by molar-refractivity contribution is 5.75. The van der Waals surface area contributed by atoms with Crippen molar-refractivity contribution >= 4 is 17.0 Å². The molecule has 7 heterocycles. The number of nitrogens with one attached hydrogen (secondary N) is 1. The van der Waals surface area contributed by atoms with Crippen molar-refractivity contribution in [2.24, 2.45) is 0 Å². The van der Waals surface area contributed by atoms with Gasteiger partial charge in [-0.15, -0.1) is 6.42 Å². The van der Waals surface area contributed by atoms with Crippen LogP contribution in [0.15, 0.2) is 30.5 Å². The number of aromatic nitrogens is 3. The predicted octanol–water partition coefficient (Wildman–Crippen LogP) is 2.17. The Morgan fingerprint density at radius 2 is 2.09 bits per heavy atom. The quantitative estimate of drug-likeness (QED) is 0.613. The summed E-state index contributed by atoms with van der Waals surface area (Å²) in [6.07, 6.45) is 8.07. The Balaban J connectivity index is 1.22. The van der Waals surface area contributed by atoms with Gasteiger partial charge in [-0.3, -0.25) is 4.90 Å². The Bertz CT molecular complexity index is 1310. The molecule has 0 spiro atoms. The number of halogens is 1. The van der Waals surface area contributed by atoms with Crippen LogP contribution in [-0.2, 0) is 6.54 Å². The lowest BCUT2D eigenvalue weighted by Gasteiger charge is -2.43. The van der Waals surface area contributed by atoms with E-state index in [4.69, 9.17) is 11.4 Å². The lowest BCUT2D eigenvalue weighted by Crippen LogP contribution is -2.51. The zero-order valence-electron chi connectivity index (χ0n) is 18.6. The average Bonchev–Trinajstić information content (AvgIpc) is 3.61. The van der Waals surface area contributed by atoms with Crippen molar-refractivity contribution in [3.05, 3.63) is 53.2 Å². The van der Waals surface area contributed by atoms with E-state index in [0.29, 0.717) is 29.3 Å². The van der Waals surface area contributed by atoms with Crippen molar-refractivity contribution in [2.75, 3.05) is 36.0 Å². The molecule has 3 saturated heterocycles. The first-order chi connectivity index (χ1) is 16.1. The highest BCUT2D eigenvalue weighted by Gasteiger charge is 2.42. The summed E-state index contributed by atoms with van der Waals surface area (Å²) in [6.45, 7) is 6.82. The van der Waals surface area contributed by atoms with Gasteiger partial charge in [-0.05, 0) is 37.1 Å². The Hall–Kier alpha value is -3.15. The molecular weight excluding hydrogens is 417 g/mol. The third-order valence-corrected chi connectivity index (χ3v) is 7.96. The molecule has 0 aliphatic carbocycles. The number of anilines is 2. The van der Waals surface area contributed by atoms with Gasteiger partial charge in [-0.1, -0.05) is 12.0 Å². The van der Waals surface area contributed by atoms with Gasteiger partial charge >= 0.3 is 0 Å². The van der Waals surface area contributed by atoms with Crippen LogP contribution in [0.2, 0.25) is 0 Å². The fourth-order valence-electron chi connectivity index (χ4n) is 6.38. The summed E-state index contributed by atoms with van der Waals surface area (Å²) >= 11 is 0. The van der Waals surface area contributed by atoms with Crippen molar-refractivity contribution < 1.29 is 4.39 Å². The molecular formula is C25H26FN7. The minimum absolute atomic E-state index is 0.236. The molecule has 1 N–H and O–H groups in total. The second-order valence-electron chi connectivity index (χ2n) is 9.80. The number of fused-ring (bicyclic) bond motifs is 6. The van der Waals surface area contributed by atoms with Crippen LogP contribution in [0.1, 0.15) is 36.3 Å². The molecule has 168 valence electrons. The average molecular weight is 444 g/mol. The SMILES string of the molecule is C#Cc1ccc(N2C[C@@H](C)N3Cc4nc(N5C[C@@H]6C[C@H]5CN6)ccc4[C@H]3C2)c2c(F)cnn12. The largest absolute Gasteiger partial charge is 0.366 e. The Labute approximate surface area is 192 Å². The van der Waals surface area contributed by atoms with E-state index < -0.39 is 0 Å². The van der Waals surface area contributed by atoms with E-state index in [1.54, 1.807) is 0 Å². The van der Waals surface area contributed by atoms with Gasteiger partial charge in [0.15, 0.2) is 5.82 Å². The van der Waals surface area contributed by atoms with E-state index >= 15 is 0 Å². The number of hydrogen-bond donors (Lipinski definition) is 1. The smallest absolute Gasteiger partial charge is 0.171 e. The number of nitrogens with zero attached hydrogens (tertiary/aromatic N) is 6. The van der Waals surface area contributed by atoms with Crippen LogP contribution in [0.4, 0.5) is 15.9 Å². The normalized spacial score (nSPS) is 28.4. The minimum Gasteiger partial charge on any atom is -0.366 e. The molecule has 3 fully saturated rings. The second kappa shape index (κ2) is 6.92. The predicted molar refractivity (Wildman–Crippen MR) is 125 cm³/mol. The van der Waals surface area contributed by atoms with Crippen LogP contribution >= 0.6 is 0 Å². The van der Waals surface area contributed by atoms with E-state index in [-0.39, 0.29) is 11.9 Å². The van der Waals surface area contributed by atoms with Gasteiger partial charge in [0.05, 0.1) is 23.6 Å². The van der Waals surface area contributed by atoms with Gasteiger partial charge < -0.3 is 15.1 Å². The van der Waals surface area contributed by atoms with Crippen LogP contribution in [0, 0.1) is 18.2 Å². The van der Waals surface area contributed by atoms with Crippen LogP contribution in [0.3, 0.4) is 0 Å². The maximum Gasteiger partial charge on any atom is 0.171 e. The number of hydrogen-bond acceptors (Lipinski definition) is 6. The molecule has 2 bridgehead atoms. The number of rotatable bonds is 2. The lowest BCUT2D eigenvalue weighted by atomic mass is 10.0. The maximum atomic E-state index is 14.7. The third kappa shape index (κ3) is 2.76. The molecule has 0 radical (unpaired) electrons. The molecule has 0 amide bonds. The van der Waals surface area contributed by atoms with Crippen molar-refractivity contribution in [3.8, 4) is 12.3 Å². The van der Waals surface area contributed by atoms with Gasteiger partial charge in [0, 0.05) is 50.8 Å². The van der Waals surface area contributed by atoms with Crippen molar-refractivity contribution in [3.63, 3.8) is 0 Å². The van der Waals surface area contributed by atoms with E-state index in [0.717, 1.165) is 44.2 Å². The lowest BCUT2D eigenvalue weighted by molar-refractivity contribution is 0.133. The van der Waals surface area contributed by atoms with E-state index in [1.807, 2.05) is 12.1 Å². The molecule has 3 aromatic heterocycles. The van der Waals surface area contributed by atoms with Crippen LogP contribution < -0.4 is 15.1 Å². The first-order valence-electron chi connectivity index (χ1n) is 11.7. The first kappa shape index (κ1) is 19.3. The summed E-state index contributed by atoms with van der Waals surface area (Å²) in [5, 5.41) is 7.74. The molecule has 0 saturated carbocycles. The highest BCUT2D eigenvalue weighted by atomic mass is 19.1. The Morgan fingerprint density at radius 3 is 2.88 bits per heavy atom. The molecule has 4 aliphatic rings. The van der Waals surface area contributed by atoms with Crippen LogP contribution in [0.5, 0.6) is 0 Å². The molecule has 8 heteroatoms. The molecule has 4 atom stereocenters. The third-order valence-electron chi connectivity index (χ3n) is 7.96. The Morgan fingerprint density at radius 1 is 1.18 bits per heavy atom. The molecule has 0 unspecified atom stereocenters. The van der Waals surface area contributed by atoms with Crippen molar-refractivity contribution in [2.45, 2.75) is 44.1 Å². The standard InChI is InChI=1S/C25H26FN7/c1-3-17-4-6-22(25-20(26)10-28-33(17)25)30-11-15(2)31-13-21-19(23(31)14-30)5-7-24(29-21)32-12-16-8-18(32)9-27-16/h1,4-7,10,15-16,18,23,27H,8-9,11-14H2,2H3/t15-,16+,18+,23-/m1/s1. The molecule has 0 aromatic carbocycles. The number of pyridine rings is 2. The number of piperazine rings is 2. The second-order valence-corrected chi connectivity index (χ2v) is 9.80. The summed E-state index contributed by atoms with van der Waals surface area (Å²) in [5.41, 5.74) is 4.33. The minimum atomic E-state index is -0.343. The fourth-order valence-corrected chi connectivity index (χ4v) is 6.38. The monoisotopic (exact) mass is 443 g/mol. The van der Waals surface area contributed by atoms with E-state index in [2.05, 4.69) is 50.1 Å². The Kier molecular flexibility index (Phi) is 4.06. The summed E-state index contributed by atoms with van der Waals surface area (Å²) in [6, 6.07) is 9.97. The van der Waals surface area contributed by atoms with E-state index in [1.165, 1.54) is 28.4 Å². The van der Waals surface area contributed by atoms with Crippen LogP contribution in [0.25, 0.3) is 5.52 Å². The highest BCUT2D eigenvalue weighted by Crippen LogP contribution is 2.41. The molecule has 3 aromatic rings. The van der Waals surface area contributed by atoms with Crippen molar-refractivity contribution in [1.82, 2.24) is 24.8 Å². The van der Waals surface area contributed by atoms with Crippen molar-refractivity contribution in [1.29, 1.82) is 0 Å². The molecule has 7 rings (SSSR count). The summed E-state index contributed by atoms with van der Waals surface area (Å²) in [5.74, 6) is 3.37. The van der Waals surface area contributed by atoms with Gasteiger partial charge in [-0.25, -0.2) is 13.9 Å².